The van der Waals surface area contributed by atoms with Crippen LogP contribution in [0.5, 0.6) is 5.75 Å². The van der Waals surface area contributed by atoms with Crippen molar-refractivity contribution in [2.75, 3.05) is 6.61 Å². The lowest BCUT2D eigenvalue weighted by Crippen LogP contribution is -2.43. The topological polar surface area (TPSA) is 98.1 Å². The minimum atomic E-state index is -0.482. The summed E-state index contributed by atoms with van der Waals surface area (Å²) in [5, 5.41) is 0. The van der Waals surface area contributed by atoms with E-state index < -0.39 is 11.8 Å². The van der Waals surface area contributed by atoms with Crippen LogP contribution in [-0.4, -0.2) is 33.0 Å². The summed E-state index contributed by atoms with van der Waals surface area (Å²) in [4.78, 5) is 31.9. The number of aromatic nitrogens is 3. The van der Waals surface area contributed by atoms with Gasteiger partial charge in [0.25, 0.3) is 11.8 Å². The lowest BCUT2D eigenvalue weighted by molar-refractivity contribution is -0.123. The Hall–Kier alpha value is -3.20. The summed E-state index contributed by atoms with van der Waals surface area (Å²) >= 11 is 3.31. The van der Waals surface area contributed by atoms with Crippen LogP contribution in [0.1, 0.15) is 10.4 Å². The lowest BCUT2D eigenvalue weighted by Gasteiger charge is -2.09. The number of nitrogens with one attached hydrogen (secondary N) is 2. The molecule has 3 aromatic rings. The Morgan fingerprint density at radius 1 is 1.12 bits per heavy atom. The summed E-state index contributed by atoms with van der Waals surface area (Å²) in [7, 11) is 0. The van der Waals surface area contributed by atoms with E-state index in [1.165, 1.54) is 6.20 Å². The maximum Gasteiger partial charge on any atom is 0.276 e. The first-order chi connectivity index (χ1) is 12.6. The fourth-order valence-electron chi connectivity index (χ4n) is 1.98. The third kappa shape index (κ3) is 4.67. The van der Waals surface area contributed by atoms with Gasteiger partial charge in [-0.15, -0.1) is 0 Å². The van der Waals surface area contributed by atoms with Gasteiger partial charge in [-0.05, 0) is 36.4 Å². The van der Waals surface area contributed by atoms with Crippen LogP contribution in [0.4, 0.5) is 0 Å². The molecule has 0 saturated heterocycles. The largest absolute Gasteiger partial charge is 0.484 e. The number of amides is 2. The minimum absolute atomic E-state index is 0.222. The van der Waals surface area contributed by atoms with Gasteiger partial charge in [-0.2, -0.15) is 0 Å². The summed E-state index contributed by atoms with van der Waals surface area (Å²) < 4.78 is 7.94. The number of carbonyl (C=O) groups excluding carboxylic acids is 2. The second-order valence-electron chi connectivity index (χ2n) is 5.12. The predicted octanol–water partition coefficient (Wildman–Crippen LogP) is 1.87. The van der Waals surface area contributed by atoms with Gasteiger partial charge in [-0.3, -0.25) is 25.0 Å². The molecule has 26 heavy (non-hydrogen) atoms. The zero-order valence-electron chi connectivity index (χ0n) is 13.4. The lowest BCUT2D eigenvalue weighted by atomic mass is 10.3. The number of hydrazine groups is 1. The molecular weight excluding hydrogens is 402 g/mol. The maximum absolute atomic E-state index is 12.0. The first-order valence-corrected chi connectivity index (χ1v) is 8.33. The maximum atomic E-state index is 12.0. The molecule has 0 saturated carbocycles. The fraction of sp³-hybridized carbons (Fsp3) is 0.0588. The van der Waals surface area contributed by atoms with E-state index in [9.17, 15) is 9.59 Å². The smallest absolute Gasteiger partial charge is 0.276 e. The fourth-order valence-corrected chi connectivity index (χ4v) is 2.25. The number of imidazole rings is 1. The molecular formula is C17H14BrN5O3. The number of halogens is 1. The van der Waals surface area contributed by atoms with Crippen molar-refractivity contribution in [3.8, 4) is 11.6 Å². The van der Waals surface area contributed by atoms with Crippen molar-refractivity contribution in [3.05, 3.63) is 71.4 Å². The second-order valence-corrected chi connectivity index (χ2v) is 6.04. The molecule has 3 rings (SSSR count). The number of carbonyl (C=O) groups is 2. The van der Waals surface area contributed by atoms with Crippen LogP contribution in [-0.2, 0) is 4.79 Å². The normalized spacial score (nSPS) is 10.2. The quantitative estimate of drug-likeness (QED) is 0.619. The molecule has 0 fully saturated rings. The summed E-state index contributed by atoms with van der Waals surface area (Å²) in [6.45, 7) is -0.222. The van der Waals surface area contributed by atoms with E-state index in [2.05, 4.69) is 36.7 Å². The molecule has 0 spiro atoms. The molecule has 132 valence electrons. The molecule has 2 aromatic heterocycles. The van der Waals surface area contributed by atoms with Crippen molar-refractivity contribution >= 4 is 27.7 Å². The molecule has 2 amide bonds. The number of nitrogens with zero attached hydrogens (tertiary/aromatic N) is 3. The van der Waals surface area contributed by atoms with Gasteiger partial charge in [0.1, 0.15) is 17.9 Å². The highest BCUT2D eigenvalue weighted by atomic mass is 79.9. The van der Waals surface area contributed by atoms with Gasteiger partial charge in [-0.25, -0.2) is 9.97 Å². The summed E-state index contributed by atoms with van der Waals surface area (Å²) in [6, 6.07) is 10.3. The highest BCUT2D eigenvalue weighted by Gasteiger charge is 2.09. The molecule has 0 unspecified atom stereocenters. The van der Waals surface area contributed by atoms with Gasteiger partial charge in [0.05, 0.1) is 5.56 Å². The van der Waals surface area contributed by atoms with E-state index >= 15 is 0 Å². The molecule has 0 aliphatic rings. The number of benzene rings is 1. The molecule has 0 atom stereocenters. The van der Waals surface area contributed by atoms with Crippen LogP contribution in [0.2, 0.25) is 0 Å². The van der Waals surface area contributed by atoms with Crippen molar-refractivity contribution in [2.45, 2.75) is 0 Å². The number of ether oxygens (including phenoxy) is 1. The van der Waals surface area contributed by atoms with E-state index in [0.717, 1.165) is 4.47 Å². The van der Waals surface area contributed by atoms with Crippen LogP contribution in [0.25, 0.3) is 5.82 Å². The van der Waals surface area contributed by atoms with Crippen molar-refractivity contribution in [1.82, 2.24) is 25.4 Å². The Kier molecular flexibility index (Phi) is 5.59. The zero-order chi connectivity index (χ0) is 18.4. The molecule has 0 aliphatic heterocycles. The number of rotatable bonds is 5. The van der Waals surface area contributed by atoms with Crippen molar-refractivity contribution in [3.63, 3.8) is 0 Å². The summed E-state index contributed by atoms with van der Waals surface area (Å²) in [5.41, 5.74) is 4.91. The van der Waals surface area contributed by atoms with Gasteiger partial charge in [0.2, 0.25) is 0 Å². The highest BCUT2D eigenvalue weighted by molar-refractivity contribution is 9.10. The Labute approximate surface area is 157 Å². The van der Waals surface area contributed by atoms with Gasteiger partial charge >= 0.3 is 0 Å². The average molecular weight is 416 g/mol. The van der Waals surface area contributed by atoms with Gasteiger partial charge < -0.3 is 4.74 Å². The number of hydrogen-bond acceptors (Lipinski definition) is 5. The van der Waals surface area contributed by atoms with Crippen LogP contribution >= 0.6 is 15.9 Å². The Balaban J connectivity index is 1.47. The standard InChI is InChI=1S/C17H14BrN5O3/c18-13-2-4-14(5-3-13)26-10-16(24)21-22-17(25)12-1-6-15(20-9-12)23-8-7-19-11-23/h1-9,11H,10H2,(H,21,24)(H,22,25). The highest BCUT2D eigenvalue weighted by Crippen LogP contribution is 2.15. The van der Waals surface area contributed by atoms with Crippen molar-refractivity contribution in [2.24, 2.45) is 0 Å². The van der Waals surface area contributed by atoms with Gasteiger partial charge in [0.15, 0.2) is 6.61 Å². The molecule has 0 radical (unpaired) electrons. The third-order valence-electron chi connectivity index (χ3n) is 3.28. The average Bonchev–Trinajstić information content (AvgIpc) is 3.20. The van der Waals surface area contributed by atoms with Gasteiger partial charge in [-0.1, -0.05) is 15.9 Å². The van der Waals surface area contributed by atoms with Crippen molar-refractivity contribution < 1.29 is 14.3 Å². The summed E-state index contributed by atoms with van der Waals surface area (Å²) in [6.07, 6.45) is 6.39. The van der Waals surface area contributed by atoms with Crippen LogP contribution in [0.15, 0.2) is 65.8 Å². The molecule has 8 nitrogen and oxygen atoms in total. The molecule has 0 bridgehead atoms. The van der Waals surface area contributed by atoms with Crippen molar-refractivity contribution in [1.29, 1.82) is 0 Å². The summed E-state index contributed by atoms with van der Waals surface area (Å²) in [5.74, 6) is 0.218. The Bertz CT molecular complexity index is 880. The molecule has 9 heteroatoms. The predicted molar refractivity (Wildman–Crippen MR) is 96.6 cm³/mol. The van der Waals surface area contributed by atoms with Crippen LogP contribution in [0, 0.1) is 0 Å². The SMILES string of the molecule is O=C(COc1ccc(Br)cc1)NNC(=O)c1ccc(-n2ccnc2)nc1. The Morgan fingerprint density at radius 2 is 1.92 bits per heavy atom. The van der Waals surface area contributed by atoms with E-state index in [1.54, 1.807) is 59.7 Å². The van der Waals surface area contributed by atoms with E-state index in [4.69, 9.17) is 4.74 Å². The van der Waals surface area contributed by atoms with E-state index in [-0.39, 0.29) is 6.61 Å². The van der Waals surface area contributed by atoms with Crippen LogP contribution in [0.3, 0.4) is 0 Å². The molecule has 0 aliphatic carbocycles. The number of hydrogen-bond donors (Lipinski definition) is 2. The number of pyridine rings is 1. The van der Waals surface area contributed by atoms with E-state index in [1.807, 2.05) is 0 Å². The first kappa shape index (κ1) is 17.6. The zero-order valence-corrected chi connectivity index (χ0v) is 15.0. The van der Waals surface area contributed by atoms with Gasteiger partial charge in [0, 0.05) is 23.1 Å². The second kappa shape index (κ2) is 8.26. The van der Waals surface area contributed by atoms with Crippen LogP contribution < -0.4 is 15.6 Å². The molecule has 1 aromatic carbocycles. The monoisotopic (exact) mass is 415 g/mol. The molecule has 2 heterocycles. The first-order valence-electron chi connectivity index (χ1n) is 7.54. The minimum Gasteiger partial charge on any atom is -0.484 e. The third-order valence-corrected chi connectivity index (χ3v) is 3.81. The van der Waals surface area contributed by atoms with E-state index in [0.29, 0.717) is 17.1 Å². The Morgan fingerprint density at radius 3 is 2.58 bits per heavy atom. The molecule has 2 N–H and O–H groups in total.